The lowest BCUT2D eigenvalue weighted by Crippen LogP contribution is -2.18. The van der Waals surface area contributed by atoms with Crippen molar-refractivity contribution < 1.29 is 9.47 Å². The fourth-order valence-corrected chi connectivity index (χ4v) is 5.08. The Morgan fingerprint density at radius 1 is 0.585 bits per heavy atom. The van der Waals surface area contributed by atoms with Crippen molar-refractivity contribution in [2.75, 3.05) is 13.2 Å². The van der Waals surface area contributed by atoms with Crippen molar-refractivity contribution in [2.45, 2.75) is 123 Å². The van der Waals surface area contributed by atoms with Gasteiger partial charge in [-0.15, -0.1) is 0 Å². The van der Waals surface area contributed by atoms with Crippen molar-refractivity contribution in [3.63, 3.8) is 0 Å². The molecular weight excluding hydrogens is 504 g/mol. The van der Waals surface area contributed by atoms with Crippen LogP contribution < -0.4 is 4.74 Å². The van der Waals surface area contributed by atoms with Gasteiger partial charge in [-0.1, -0.05) is 127 Å². The highest BCUT2D eigenvalue weighted by molar-refractivity contribution is 5.64. The van der Waals surface area contributed by atoms with E-state index >= 15 is 0 Å². The standard InChI is InChI=1S/C37H54N2O2/c1-4-6-8-9-10-11-12-13-14-15-16-18-32-19-21-34(22-20-32)37-38-28-35(29-39-37)33-23-25-36(26-24-33)41-30-31(3)40-27-17-7-5-2/h19-26,28-29,31H,4-18,27,30H2,1-3H3. The van der Waals surface area contributed by atoms with Crippen LogP contribution in [0, 0.1) is 0 Å². The molecule has 41 heavy (non-hydrogen) atoms. The Morgan fingerprint density at radius 3 is 1.73 bits per heavy atom. The van der Waals surface area contributed by atoms with Gasteiger partial charge < -0.3 is 9.47 Å². The van der Waals surface area contributed by atoms with E-state index in [1.807, 2.05) is 24.5 Å². The Labute approximate surface area is 250 Å². The fourth-order valence-electron chi connectivity index (χ4n) is 5.08. The highest BCUT2D eigenvalue weighted by Gasteiger charge is 2.06. The van der Waals surface area contributed by atoms with Crippen LogP contribution in [-0.4, -0.2) is 29.3 Å². The zero-order valence-corrected chi connectivity index (χ0v) is 26.1. The maximum atomic E-state index is 5.91. The molecule has 3 rings (SSSR count). The predicted octanol–water partition coefficient (Wildman–Crippen LogP) is 10.6. The molecule has 0 bridgehead atoms. The van der Waals surface area contributed by atoms with E-state index in [0.29, 0.717) is 6.61 Å². The molecule has 1 unspecified atom stereocenters. The summed E-state index contributed by atoms with van der Waals surface area (Å²) in [5.41, 5.74) is 4.55. The van der Waals surface area contributed by atoms with Crippen molar-refractivity contribution >= 4 is 0 Å². The van der Waals surface area contributed by atoms with Crippen LogP contribution in [-0.2, 0) is 11.2 Å². The molecule has 0 aliphatic rings. The van der Waals surface area contributed by atoms with Gasteiger partial charge >= 0.3 is 0 Å². The van der Waals surface area contributed by atoms with Crippen molar-refractivity contribution in [1.29, 1.82) is 0 Å². The first-order valence-electron chi connectivity index (χ1n) is 16.5. The van der Waals surface area contributed by atoms with Gasteiger partial charge in [0.1, 0.15) is 12.4 Å². The molecule has 0 amide bonds. The second kappa shape index (κ2) is 20.2. The van der Waals surface area contributed by atoms with Crippen LogP contribution in [0.5, 0.6) is 5.75 Å². The van der Waals surface area contributed by atoms with Crippen molar-refractivity contribution in [3.8, 4) is 28.3 Å². The number of aryl methyl sites for hydroxylation is 1. The molecule has 0 aliphatic carbocycles. The number of ether oxygens (including phenoxy) is 2. The quantitative estimate of drug-likeness (QED) is 0.115. The first kappa shape index (κ1) is 32.8. The molecule has 0 N–H and O–H groups in total. The summed E-state index contributed by atoms with van der Waals surface area (Å²) in [4.78, 5) is 9.30. The number of rotatable bonds is 22. The van der Waals surface area contributed by atoms with Gasteiger partial charge in [0, 0.05) is 30.1 Å². The lowest BCUT2D eigenvalue weighted by Gasteiger charge is -2.14. The molecule has 2 aromatic carbocycles. The molecule has 4 nitrogen and oxygen atoms in total. The maximum absolute atomic E-state index is 5.91. The minimum absolute atomic E-state index is 0.0890. The summed E-state index contributed by atoms with van der Waals surface area (Å²) in [7, 11) is 0. The average molecular weight is 559 g/mol. The third kappa shape index (κ3) is 13.2. The van der Waals surface area contributed by atoms with Crippen LogP contribution in [0.2, 0.25) is 0 Å². The molecule has 3 aromatic rings. The third-order valence-corrected chi connectivity index (χ3v) is 7.76. The lowest BCUT2D eigenvalue weighted by molar-refractivity contribution is 0.0304. The highest BCUT2D eigenvalue weighted by atomic mass is 16.5. The average Bonchev–Trinajstić information content (AvgIpc) is 3.01. The van der Waals surface area contributed by atoms with Gasteiger partial charge in [0.15, 0.2) is 5.82 Å². The molecule has 1 heterocycles. The molecule has 0 saturated carbocycles. The van der Waals surface area contributed by atoms with Gasteiger partial charge in [-0.3, -0.25) is 0 Å². The Balaban J connectivity index is 1.35. The van der Waals surface area contributed by atoms with Crippen LogP contribution >= 0.6 is 0 Å². The topological polar surface area (TPSA) is 44.2 Å². The first-order valence-corrected chi connectivity index (χ1v) is 16.5. The molecule has 4 heteroatoms. The number of hydrogen-bond acceptors (Lipinski definition) is 4. The second-order valence-electron chi connectivity index (χ2n) is 11.5. The van der Waals surface area contributed by atoms with E-state index in [-0.39, 0.29) is 6.10 Å². The van der Waals surface area contributed by atoms with E-state index in [1.165, 1.54) is 89.0 Å². The van der Waals surface area contributed by atoms with Gasteiger partial charge in [0.2, 0.25) is 0 Å². The molecule has 1 atom stereocenters. The van der Waals surface area contributed by atoms with E-state index in [9.17, 15) is 0 Å². The van der Waals surface area contributed by atoms with Crippen LogP contribution in [0.25, 0.3) is 22.5 Å². The van der Waals surface area contributed by atoms with Gasteiger partial charge in [0.25, 0.3) is 0 Å². The van der Waals surface area contributed by atoms with E-state index in [0.717, 1.165) is 47.7 Å². The SMILES string of the molecule is CCCCCCCCCCCCCc1ccc(-c2ncc(-c3ccc(OCC(C)OCCCCC)cc3)cn2)cc1. The summed E-state index contributed by atoms with van der Waals surface area (Å²) in [6, 6.07) is 16.9. The first-order chi connectivity index (χ1) is 20.2. The molecule has 0 radical (unpaired) electrons. The Morgan fingerprint density at radius 2 is 1.12 bits per heavy atom. The number of benzene rings is 2. The number of unbranched alkanes of at least 4 members (excludes halogenated alkanes) is 12. The van der Waals surface area contributed by atoms with E-state index in [1.54, 1.807) is 0 Å². The number of nitrogens with zero attached hydrogens (tertiary/aromatic N) is 2. The summed E-state index contributed by atoms with van der Waals surface area (Å²) < 4.78 is 11.7. The zero-order chi connectivity index (χ0) is 29.0. The minimum Gasteiger partial charge on any atom is -0.491 e. The van der Waals surface area contributed by atoms with Crippen LogP contribution in [0.3, 0.4) is 0 Å². The molecular formula is C37H54N2O2. The van der Waals surface area contributed by atoms with Gasteiger partial charge in [-0.05, 0) is 49.4 Å². The van der Waals surface area contributed by atoms with Crippen LogP contribution in [0.15, 0.2) is 60.9 Å². The zero-order valence-electron chi connectivity index (χ0n) is 26.1. The van der Waals surface area contributed by atoms with Crippen LogP contribution in [0.1, 0.15) is 116 Å². The maximum Gasteiger partial charge on any atom is 0.159 e. The van der Waals surface area contributed by atoms with Crippen molar-refractivity contribution in [2.24, 2.45) is 0 Å². The van der Waals surface area contributed by atoms with E-state index in [2.05, 4.69) is 67.1 Å². The summed E-state index contributed by atoms with van der Waals surface area (Å²) in [6.45, 7) is 7.91. The largest absolute Gasteiger partial charge is 0.491 e. The van der Waals surface area contributed by atoms with E-state index < -0.39 is 0 Å². The summed E-state index contributed by atoms with van der Waals surface area (Å²) in [6.07, 6.45) is 23.8. The number of aromatic nitrogens is 2. The molecule has 1 aromatic heterocycles. The Bertz CT molecular complexity index is 1050. The molecule has 224 valence electrons. The van der Waals surface area contributed by atoms with Crippen molar-refractivity contribution in [1.82, 2.24) is 9.97 Å². The molecule has 0 saturated heterocycles. The molecule has 0 aliphatic heterocycles. The van der Waals surface area contributed by atoms with Gasteiger partial charge in [-0.2, -0.15) is 0 Å². The summed E-state index contributed by atoms with van der Waals surface area (Å²) in [5.74, 6) is 1.62. The van der Waals surface area contributed by atoms with Gasteiger partial charge in [-0.25, -0.2) is 9.97 Å². The predicted molar refractivity (Wildman–Crippen MR) is 174 cm³/mol. The smallest absolute Gasteiger partial charge is 0.159 e. The van der Waals surface area contributed by atoms with Crippen LogP contribution in [0.4, 0.5) is 0 Å². The lowest BCUT2D eigenvalue weighted by atomic mass is 10.0. The second-order valence-corrected chi connectivity index (χ2v) is 11.5. The highest BCUT2D eigenvalue weighted by Crippen LogP contribution is 2.24. The monoisotopic (exact) mass is 558 g/mol. The third-order valence-electron chi connectivity index (χ3n) is 7.76. The Kier molecular flexibility index (Phi) is 16.2. The summed E-state index contributed by atoms with van der Waals surface area (Å²) >= 11 is 0. The summed E-state index contributed by atoms with van der Waals surface area (Å²) in [5, 5.41) is 0. The minimum atomic E-state index is 0.0890. The van der Waals surface area contributed by atoms with Gasteiger partial charge in [0.05, 0.1) is 6.10 Å². The fraction of sp³-hybridized carbons (Fsp3) is 0.568. The molecule has 0 spiro atoms. The number of hydrogen-bond donors (Lipinski definition) is 0. The normalized spacial score (nSPS) is 12.0. The van der Waals surface area contributed by atoms with Crippen molar-refractivity contribution in [3.05, 3.63) is 66.5 Å². The molecule has 0 fully saturated rings. The Hall–Kier alpha value is -2.72. The van der Waals surface area contributed by atoms with E-state index in [4.69, 9.17) is 9.47 Å².